The van der Waals surface area contributed by atoms with Gasteiger partial charge in [0.05, 0.1) is 5.41 Å². The molecule has 2 rings (SSSR count). The fourth-order valence-corrected chi connectivity index (χ4v) is 2.64. The monoisotopic (exact) mass is 245 g/mol. The van der Waals surface area contributed by atoms with Gasteiger partial charge in [-0.25, -0.2) is 0 Å². The van der Waals surface area contributed by atoms with Crippen molar-refractivity contribution in [2.24, 2.45) is 5.41 Å². The number of hydrogen-bond acceptors (Lipinski definition) is 2. The normalized spacial score (nSPS) is 24.0. The molecule has 3 nitrogen and oxygen atoms in total. The number of nitrogens with zero attached hydrogens (tertiary/aromatic N) is 1. The van der Waals surface area contributed by atoms with Crippen molar-refractivity contribution in [2.75, 3.05) is 13.1 Å². The number of likely N-dealkylation sites (tertiary alicyclic amines) is 1. The Kier molecular flexibility index (Phi) is 3.82. The summed E-state index contributed by atoms with van der Waals surface area (Å²) in [6, 6.07) is 10.2. The molecule has 1 aromatic carbocycles. The van der Waals surface area contributed by atoms with E-state index in [9.17, 15) is 9.90 Å². The van der Waals surface area contributed by atoms with Crippen molar-refractivity contribution in [2.45, 2.75) is 19.4 Å². The van der Waals surface area contributed by atoms with Gasteiger partial charge in [0.25, 0.3) is 0 Å². The van der Waals surface area contributed by atoms with Gasteiger partial charge >= 0.3 is 5.97 Å². The number of carbonyl (C=O) groups is 1. The van der Waals surface area contributed by atoms with Gasteiger partial charge < -0.3 is 5.11 Å². The van der Waals surface area contributed by atoms with Crippen LogP contribution in [0.4, 0.5) is 0 Å². The minimum Gasteiger partial charge on any atom is -0.481 e. The molecule has 1 aliphatic heterocycles. The third-order valence-electron chi connectivity index (χ3n) is 3.67. The molecule has 1 aromatic rings. The standard InChI is InChI=1S/C15H19NO2/c1-2-8-15(14(17)18)9-10-16(12-15)11-13-6-4-3-5-7-13/h2-7H,1,8-12H2,(H,17,18). The Morgan fingerprint density at radius 3 is 2.78 bits per heavy atom. The molecule has 1 aliphatic rings. The van der Waals surface area contributed by atoms with Crippen molar-refractivity contribution in [3.8, 4) is 0 Å². The van der Waals surface area contributed by atoms with E-state index in [1.807, 2.05) is 18.2 Å². The molecule has 0 saturated carbocycles. The van der Waals surface area contributed by atoms with Crippen LogP contribution in [0.2, 0.25) is 0 Å². The highest BCUT2D eigenvalue weighted by molar-refractivity contribution is 5.75. The lowest BCUT2D eigenvalue weighted by atomic mass is 9.84. The first-order chi connectivity index (χ1) is 8.66. The molecule has 1 atom stereocenters. The first-order valence-corrected chi connectivity index (χ1v) is 6.27. The van der Waals surface area contributed by atoms with Crippen molar-refractivity contribution in [1.29, 1.82) is 0 Å². The average Bonchev–Trinajstić information content (AvgIpc) is 2.76. The second-order valence-electron chi connectivity index (χ2n) is 5.02. The molecule has 18 heavy (non-hydrogen) atoms. The lowest BCUT2D eigenvalue weighted by Crippen LogP contribution is -2.34. The maximum atomic E-state index is 11.4. The zero-order valence-electron chi connectivity index (χ0n) is 10.5. The van der Waals surface area contributed by atoms with Crippen molar-refractivity contribution in [3.05, 3.63) is 48.6 Å². The predicted molar refractivity (Wildman–Crippen MR) is 71.2 cm³/mol. The van der Waals surface area contributed by atoms with Crippen LogP contribution in [0.15, 0.2) is 43.0 Å². The Balaban J connectivity index is 2.03. The Hall–Kier alpha value is -1.61. The van der Waals surface area contributed by atoms with Gasteiger partial charge in [-0.15, -0.1) is 6.58 Å². The third-order valence-corrected chi connectivity index (χ3v) is 3.67. The van der Waals surface area contributed by atoms with Gasteiger partial charge in [-0.3, -0.25) is 9.69 Å². The van der Waals surface area contributed by atoms with E-state index in [4.69, 9.17) is 0 Å². The fraction of sp³-hybridized carbons (Fsp3) is 0.400. The molecule has 1 unspecified atom stereocenters. The van der Waals surface area contributed by atoms with Gasteiger partial charge in [0, 0.05) is 13.1 Å². The van der Waals surface area contributed by atoms with Crippen LogP contribution < -0.4 is 0 Å². The van der Waals surface area contributed by atoms with E-state index >= 15 is 0 Å². The molecule has 1 saturated heterocycles. The number of hydrogen-bond donors (Lipinski definition) is 1. The lowest BCUT2D eigenvalue weighted by Gasteiger charge is -2.23. The molecule has 1 heterocycles. The molecule has 96 valence electrons. The molecule has 0 radical (unpaired) electrons. The van der Waals surface area contributed by atoms with Gasteiger partial charge in [0.15, 0.2) is 0 Å². The average molecular weight is 245 g/mol. The molecular weight excluding hydrogens is 226 g/mol. The molecule has 0 bridgehead atoms. The maximum Gasteiger partial charge on any atom is 0.311 e. The minimum atomic E-state index is -0.696. The topological polar surface area (TPSA) is 40.5 Å². The molecule has 1 fully saturated rings. The Morgan fingerprint density at radius 2 is 2.17 bits per heavy atom. The van der Waals surface area contributed by atoms with E-state index in [-0.39, 0.29) is 0 Å². The van der Waals surface area contributed by atoms with E-state index in [1.165, 1.54) is 5.56 Å². The van der Waals surface area contributed by atoms with E-state index in [0.717, 1.165) is 13.1 Å². The van der Waals surface area contributed by atoms with E-state index in [0.29, 0.717) is 19.4 Å². The highest BCUT2D eigenvalue weighted by atomic mass is 16.4. The van der Waals surface area contributed by atoms with Crippen molar-refractivity contribution < 1.29 is 9.90 Å². The molecule has 0 aromatic heterocycles. The van der Waals surface area contributed by atoms with Gasteiger partial charge in [-0.2, -0.15) is 0 Å². The molecule has 3 heteroatoms. The van der Waals surface area contributed by atoms with Gasteiger partial charge in [-0.05, 0) is 24.9 Å². The summed E-state index contributed by atoms with van der Waals surface area (Å²) < 4.78 is 0. The van der Waals surface area contributed by atoms with Crippen LogP contribution in [-0.2, 0) is 11.3 Å². The minimum absolute atomic E-state index is 0.549. The van der Waals surface area contributed by atoms with Crippen molar-refractivity contribution in [1.82, 2.24) is 4.90 Å². The third kappa shape index (κ3) is 2.62. The van der Waals surface area contributed by atoms with Crippen LogP contribution in [0.25, 0.3) is 0 Å². The number of carboxylic acid groups (broad SMARTS) is 1. The lowest BCUT2D eigenvalue weighted by molar-refractivity contribution is -0.148. The number of benzene rings is 1. The first-order valence-electron chi connectivity index (χ1n) is 6.27. The zero-order valence-corrected chi connectivity index (χ0v) is 10.5. The smallest absolute Gasteiger partial charge is 0.311 e. The Morgan fingerprint density at radius 1 is 1.44 bits per heavy atom. The van der Waals surface area contributed by atoms with Gasteiger partial charge in [0.2, 0.25) is 0 Å². The summed E-state index contributed by atoms with van der Waals surface area (Å²) in [6.07, 6.45) is 2.98. The van der Waals surface area contributed by atoms with E-state index in [2.05, 4.69) is 23.6 Å². The van der Waals surface area contributed by atoms with Crippen LogP contribution >= 0.6 is 0 Å². The molecule has 1 N–H and O–H groups in total. The van der Waals surface area contributed by atoms with Crippen LogP contribution in [-0.4, -0.2) is 29.1 Å². The Bertz CT molecular complexity index is 429. The number of rotatable bonds is 5. The SMILES string of the molecule is C=CCC1(C(=O)O)CCN(Cc2ccccc2)C1. The summed E-state index contributed by atoms with van der Waals surface area (Å²) in [5, 5.41) is 9.40. The second-order valence-corrected chi connectivity index (χ2v) is 5.02. The highest BCUT2D eigenvalue weighted by Gasteiger charge is 2.43. The van der Waals surface area contributed by atoms with E-state index < -0.39 is 11.4 Å². The van der Waals surface area contributed by atoms with Crippen LogP contribution in [0.3, 0.4) is 0 Å². The fourth-order valence-electron chi connectivity index (χ4n) is 2.64. The maximum absolute atomic E-state index is 11.4. The number of carboxylic acids is 1. The second kappa shape index (κ2) is 5.36. The summed E-state index contributed by atoms with van der Waals surface area (Å²) in [7, 11) is 0. The Labute approximate surface area is 108 Å². The predicted octanol–water partition coefficient (Wildman–Crippen LogP) is 2.54. The van der Waals surface area contributed by atoms with Crippen molar-refractivity contribution in [3.63, 3.8) is 0 Å². The largest absolute Gasteiger partial charge is 0.481 e. The van der Waals surface area contributed by atoms with Gasteiger partial charge in [0.1, 0.15) is 0 Å². The van der Waals surface area contributed by atoms with Crippen LogP contribution in [0, 0.1) is 5.41 Å². The van der Waals surface area contributed by atoms with Crippen LogP contribution in [0.5, 0.6) is 0 Å². The van der Waals surface area contributed by atoms with E-state index in [1.54, 1.807) is 6.08 Å². The van der Waals surface area contributed by atoms with Gasteiger partial charge in [-0.1, -0.05) is 36.4 Å². The summed E-state index contributed by atoms with van der Waals surface area (Å²) in [6.45, 7) is 5.96. The summed E-state index contributed by atoms with van der Waals surface area (Å²) in [4.78, 5) is 13.7. The number of aliphatic carboxylic acids is 1. The first kappa shape index (κ1) is 12.8. The molecular formula is C15H19NO2. The summed E-state index contributed by atoms with van der Waals surface area (Å²) >= 11 is 0. The van der Waals surface area contributed by atoms with Crippen LogP contribution in [0.1, 0.15) is 18.4 Å². The summed E-state index contributed by atoms with van der Waals surface area (Å²) in [5.41, 5.74) is 0.605. The summed E-state index contributed by atoms with van der Waals surface area (Å²) in [5.74, 6) is -0.696. The quantitative estimate of drug-likeness (QED) is 0.810. The molecule has 0 amide bonds. The number of allylic oxidation sites excluding steroid dienone is 1. The van der Waals surface area contributed by atoms with Crippen molar-refractivity contribution >= 4 is 5.97 Å². The molecule has 0 spiro atoms. The highest BCUT2D eigenvalue weighted by Crippen LogP contribution is 2.35. The molecule has 0 aliphatic carbocycles. The zero-order chi connectivity index (χ0) is 13.0.